The number of fused-ring (bicyclic) bond motifs is 1. The van der Waals surface area contributed by atoms with E-state index in [-0.39, 0.29) is 0 Å². The maximum Gasteiger partial charge on any atom is 0.0223 e. The summed E-state index contributed by atoms with van der Waals surface area (Å²) in [6, 6.07) is 1.54. The molecule has 2 aliphatic rings. The van der Waals surface area contributed by atoms with Gasteiger partial charge in [-0.15, -0.1) is 0 Å². The van der Waals surface area contributed by atoms with E-state index >= 15 is 0 Å². The highest BCUT2D eigenvalue weighted by molar-refractivity contribution is 4.86. The maximum absolute atomic E-state index is 3.29. The molecule has 2 fully saturated rings. The summed E-state index contributed by atoms with van der Waals surface area (Å²) in [5.41, 5.74) is 0. The smallest absolute Gasteiger partial charge is 0.0223 e. The molecule has 1 N–H and O–H groups in total. The van der Waals surface area contributed by atoms with Gasteiger partial charge in [0.05, 0.1) is 0 Å². The minimum Gasteiger partial charge on any atom is -0.318 e. The van der Waals surface area contributed by atoms with Gasteiger partial charge >= 0.3 is 0 Å². The molecule has 2 unspecified atom stereocenters. The molecular formula is C12H25N3. The average molecular weight is 211 g/mol. The van der Waals surface area contributed by atoms with Gasteiger partial charge in [0, 0.05) is 25.2 Å². The molecule has 2 rings (SSSR count). The van der Waals surface area contributed by atoms with Crippen LogP contribution in [0.4, 0.5) is 0 Å². The van der Waals surface area contributed by atoms with E-state index in [1.54, 1.807) is 0 Å². The zero-order valence-corrected chi connectivity index (χ0v) is 10.2. The summed E-state index contributed by atoms with van der Waals surface area (Å²) in [4.78, 5) is 5.37. The molecule has 0 aromatic carbocycles. The Morgan fingerprint density at radius 2 is 2.07 bits per heavy atom. The lowest BCUT2D eigenvalue weighted by Gasteiger charge is -2.30. The number of hydrogen-bond acceptors (Lipinski definition) is 3. The molecule has 0 saturated carbocycles. The number of likely N-dealkylation sites (N-methyl/N-ethyl adjacent to an activating group) is 1. The molecule has 0 bridgehead atoms. The Kier molecular flexibility index (Phi) is 4.00. The molecule has 2 aliphatic heterocycles. The molecule has 2 atom stereocenters. The molecule has 2 saturated heterocycles. The Hall–Kier alpha value is -0.120. The van der Waals surface area contributed by atoms with Gasteiger partial charge in [-0.1, -0.05) is 0 Å². The van der Waals surface area contributed by atoms with Crippen molar-refractivity contribution in [2.75, 3.05) is 39.8 Å². The molecule has 0 aliphatic carbocycles. The van der Waals surface area contributed by atoms with Gasteiger partial charge < -0.3 is 5.32 Å². The van der Waals surface area contributed by atoms with Crippen LogP contribution < -0.4 is 5.32 Å². The van der Waals surface area contributed by atoms with E-state index in [4.69, 9.17) is 0 Å². The number of nitrogens with zero attached hydrogens (tertiary/aromatic N) is 2. The third-order valence-corrected chi connectivity index (χ3v) is 3.96. The summed E-state index contributed by atoms with van der Waals surface area (Å²) < 4.78 is 0. The van der Waals surface area contributed by atoms with Gasteiger partial charge in [0.15, 0.2) is 0 Å². The Labute approximate surface area is 93.8 Å². The van der Waals surface area contributed by atoms with Gasteiger partial charge in [-0.05, 0) is 52.9 Å². The van der Waals surface area contributed by atoms with Gasteiger partial charge in [-0.3, -0.25) is 9.80 Å². The van der Waals surface area contributed by atoms with Crippen LogP contribution in [-0.2, 0) is 0 Å². The summed E-state index contributed by atoms with van der Waals surface area (Å²) >= 11 is 0. The SMILES string of the molecule is CNCC(C)N1CCCN2CCCC2C1. The second-order valence-corrected chi connectivity index (χ2v) is 5.09. The van der Waals surface area contributed by atoms with Crippen LogP contribution in [0.5, 0.6) is 0 Å². The maximum atomic E-state index is 3.29. The molecule has 0 radical (unpaired) electrons. The van der Waals surface area contributed by atoms with Gasteiger partial charge in [0.2, 0.25) is 0 Å². The predicted octanol–water partition coefficient (Wildman–Crippen LogP) is 0.764. The Bertz CT molecular complexity index is 195. The van der Waals surface area contributed by atoms with Crippen LogP contribution in [0.25, 0.3) is 0 Å². The number of nitrogens with one attached hydrogen (secondary N) is 1. The first kappa shape index (κ1) is 11.4. The predicted molar refractivity (Wildman–Crippen MR) is 64.2 cm³/mol. The van der Waals surface area contributed by atoms with Crippen molar-refractivity contribution in [1.29, 1.82) is 0 Å². The summed E-state index contributed by atoms with van der Waals surface area (Å²) in [6.07, 6.45) is 4.19. The highest BCUT2D eigenvalue weighted by atomic mass is 15.3. The van der Waals surface area contributed by atoms with E-state index < -0.39 is 0 Å². The summed E-state index contributed by atoms with van der Waals surface area (Å²) in [5, 5.41) is 3.29. The molecule has 0 aromatic heterocycles. The fourth-order valence-corrected chi connectivity index (χ4v) is 3.06. The number of rotatable bonds is 3. The van der Waals surface area contributed by atoms with Crippen molar-refractivity contribution >= 4 is 0 Å². The van der Waals surface area contributed by atoms with Crippen LogP contribution in [0.15, 0.2) is 0 Å². The van der Waals surface area contributed by atoms with E-state index in [2.05, 4.69) is 29.1 Å². The zero-order chi connectivity index (χ0) is 10.7. The molecule has 0 amide bonds. The monoisotopic (exact) mass is 211 g/mol. The fourth-order valence-electron chi connectivity index (χ4n) is 3.06. The normalized spacial score (nSPS) is 31.2. The quantitative estimate of drug-likeness (QED) is 0.744. The van der Waals surface area contributed by atoms with Crippen LogP contribution in [0.2, 0.25) is 0 Å². The lowest BCUT2D eigenvalue weighted by molar-refractivity contribution is 0.180. The molecule has 88 valence electrons. The lowest BCUT2D eigenvalue weighted by Crippen LogP contribution is -2.44. The van der Waals surface area contributed by atoms with Gasteiger partial charge in [-0.2, -0.15) is 0 Å². The van der Waals surface area contributed by atoms with Crippen LogP contribution >= 0.6 is 0 Å². The van der Waals surface area contributed by atoms with Gasteiger partial charge in [0.1, 0.15) is 0 Å². The third-order valence-electron chi connectivity index (χ3n) is 3.96. The second-order valence-electron chi connectivity index (χ2n) is 5.09. The van der Waals surface area contributed by atoms with Crippen molar-refractivity contribution in [3.05, 3.63) is 0 Å². The fraction of sp³-hybridized carbons (Fsp3) is 1.00. The van der Waals surface area contributed by atoms with Crippen LogP contribution in [0.3, 0.4) is 0 Å². The topological polar surface area (TPSA) is 18.5 Å². The number of hydrogen-bond donors (Lipinski definition) is 1. The minimum absolute atomic E-state index is 0.690. The molecule has 3 nitrogen and oxygen atoms in total. The first-order chi connectivity index (χ1) is 7.31. The molecule has 2 heterocycles. The summed E-state index contributed by atoms with van der Waals surface area (Å²) in [7, 11) is 2.05. The molecule has 0 aromatic rings. The van der Waals surface area contributed by atoms with Gasteiger partial charge in [0.25, 0.3) is 0 Å². The highest BCUT2D eigenvalue weighted by Gasteiger charge is 2.29. The molecular weight excluding hydrogens is 186 g/mol. The van der Waals surface area contributed by atoms with Crippen LogP contribution in [-0.4, -0.2) is 61.7 Å². The molecule has 15 heavy (non-hydrogen) atoms. The van der Waals surface area contributed by atoms with E-state index in [1.807, 2.05) is 0 Å². The minimum atomic E-state index is 0.690. The first-order valence-electron chi connectivity index (χ1n) is 6.44. The average Bonchev–Trinajstić information content (AvgIpc) is 2.56. The van der Waals surface area contributed by atoms with E-state index in [1.165, 1.54) is 45.4 Å². The molecule has 3 heteroatoms. The van der Waals surface area contributed by atoms with E-state index in [9.17, 15) is 0 Å². The Morgan fingerprint density at radius 3 is 2.87 bits per heavy atom. The van der Waals surface area contributed by atoms with E-state index in [0.29, 0.717) is 6.04 Å². The van der Waals surface area contributed by atoms with Crippen LogP contribution in [0.1, 0.15) is 26.2 Å². The first-order valence-corrected chi connectivity index (χ1v) is 6.44. The van der Waals surface area contributed by atoms with Crippen molar-refractivity contribution in [2.45, 2.75) is 38.3 Å². The van der Waals surface area contributed by atoms with Crippen molar-refractivity contribution < 1.29 is 0 Å². The molecule has 0 spiro atoms. The Morgan fingerprint density at radius 1 is 1.27 bits per heavy atom. The summed E-state index contributed by atoms with van der Waals surface area (Å²) in [5.74, 6) is 0. The largest absolute Gasteiger partial charge is 0.318 e. The Balaban J connectivity index is 1.90. The zero-order valence-electron chi connectivity index (χ0n) is 10.2. The van der Waals surface area contributed by atoms with Crippen LogP contribution in [0, 0.1) is 0 Å². The standard InChI is InChI=1S/C12H25N3/c1-11(9-13-2)15-8-4-7-14-6-3-5-12(14)10-15/h11-13H,3-10H2,1-2H3. The van der Waals surface area contributed by atoms with Crippen molar-refractivity contribution in [2.24, 2.45) is 0 Å². The lowest BCUT2D eigenvalue weighted by atomic mass is 10.2. The second kappa shape index (κ2) is 5.28. The van der Waals surface area contributed by atoms with Crippen molar-refractivity contribution in [3.63, 3.8) is 0 Å². The van der Waals surface area contributed by atoms with Crippen molar-refractivity contribution in [3.8, 4) is 0 Å². The highest BCUT2D eigenvalue weighted by Crippen LogP contribution is 2.22. The van der Waals surface area contributed by atoms with Gasteiger partial charge in [-0.25, -0.2) is 0 Å². The summed E-state index contributed by atoms with van der Waals surface area (Å²) in [6.45, 7) is 8.72. The third kappa shape index (κ3) is 2.71. The van der Waals surface area contributed by atoms with Crippen molar-refractivity contribution in [1.82, 2.24) is 15.1 Å². The van der Waals surface area contributed by atoms with E-state index in [0.717, 1.165) is 12.6 Å².